The van der Waals surface area contributed by atoms with Gasteiger partial charge in [0, 0.05) is 6.04 Å². The van der Waals surface area contributed by atoms with Crippen molar-refractivity contribution in [3.05, 3.63) is 0 Å². The first-order valence-electron chi connectivity index (χ1n) is 6.71. The molecule has 0 aromatic rings. The van der Waals surface area contributed by atoms with Crippen LogP contribution in [0.4, 0.5) is 0 Å². The lowest BCUT2D eigenvalue weighted by Gasteiger charge is -2.47. The van der Waals surface area contributed by atoms with Crippen LogP contribution in [0, 0.1) is 11.8 Å². The molecule has 0 aromatic carbocycles. The number of carboxylic acid groups (broad SMARTS) is 1. The molecular weight excluding hydrogens is 266 g/mol. The van der Waals surface area contributed by atoms with Crippen LogP contribution in [0.1, 0.15) is 48.5 Å². The van der Waals surface area contributed by atoms with Crippen LogP contribution >= 0.6 is 0 Å². The molecule has 0 radical (unpaired) electrons. The van der Waals surface area contributed by atoms with Gasteiger partial charge in [0.15, 0.2) is 0 Å². The van der Waals surface area contributed by atoms with E-state index in [0.717, 1.165) is 0 Å². The van der Waals surface area contributed by atoms with E-state index < -0.39 is 27.6 Å². The first-order chi connectivity index (χ1) is 8.46. The van der Waals surface area contributed by atoms with Gasteiger partial charge in [-0.15, -0.1) is 0 Å². The summed E-state index contributed by atoms with van der Waals surface area (Å²) in [7, 11) is -3.60. The predicted octanol–water partition coefficient (Wildman–Crippen LogP) is 2.18. The number of carboxylic acids is 1. The molecule has 0 aliphatic heterocycles. The van der Waals surface area contributed by atoms with Crippen LogP contribution in [0.15, 0.2) is 0 Å². The lowest BCUT2D eigenvalue weighted by molar-refractivity contribution is -0.156. The van der Waals surface area contributed by atoms with E-state index in [4.69, 9.17) is 0 Å². The molecule has 0 saturated heterocycles. The molecule has 114 valence electrons. The van der Waals surface area contributed by atoms with Gasteiger partial charge in [-0.3, -0.25) is 4.79 Å². The highest BCUT2D eigenvalue weighted by Gasteiger charge is 2.54. The average Bonchev–Trinajstić information content (AvgIpc) is 2.22. The third-order valence-corrected chi connectivity index (χ3v) is 5.65. The van der Waals surface area contributed by atoms with E-state index in [1.165, 1.54) is 11.2 Å². The molecular formula is C13H27NO4S. The number of hydrogen-bond donors (Lipinski definition) is 1. The summed E-state index contributed by atoms with van der Waals surface area (Å²) < 4.78 is 25.9. The van der Waals surface area contributed by atoms with Crippen molar-refractivity contribution in [2.24, 2.45) is 11.8 Å². The zero-order valence-electron chi connectivity index (χ0n) is 13.0. The average molecular weight is 293 g/mol. The molecule has 0 fully saturated rings. The highest BCUT2D eigenvalue weighted by Crippen LogP contribution is 2.37. The fraction of sp³-hybridized carbons (Fsp3) is 0.923. The van der Waals surface area contributed by atoms with E-state index >= 15 is 0 Å². The van der Waals surface area contributed by atoms with Crippen LogP contribution < -0.4 is 0 Å². The van der Waals surface area contributed by atoms with Gasteiger partial charge in [0.2, 0.25) is 10.0 Å². The van der Waals surface area contributed by atoms with Crippen molar-refractivity contribution in [1.29, 1.82) is 0 Å². The summed E-state index contributed by atoms with van der Waals surface area (Å²) in [4.78, 5) is 11.9. The van der Waals surface area contributed by atoms with Crippen molar-refractivity contribution in [3.63, 3.8) is 0 Å². The van der Waals surface area contributed by atoms with Gasteiger partial charge in [-0.05, 0) is 32.6 Å². The fourth-order valence-corrected chi connectivity index (χ4v) is 4.76. The lowest BCUT2D eigenvalue weighted by atomic mass is 9.76. The molecule has 0 amide bonds. The molecule has 0 aliphatic rings. The predicted molar refractivity (Wildman–Crippen MR) is 76.5 cm³/mol. The Kier molecular flexibility index (Phi) is 6.02. The van der Waals surface area contributed by atoms with E-state index in [0.29, 0.717) is 0 Å². The largest absolute Gasteiger partial charge is 0.480 e. The Labute approximate surface area is 117 Å². The van der Waals surface area contributed by atoms with Gasteiger partial charge in [0.25, 0.3) is 0 Å². The zero-order valence-corrected chi connectivity index (χ0v) is 13.8. The minimum absolute atomic E-state index is 0.0976. The number of carbonyl (C=O) groups is 1. The fourth-order valence-electron chi connectivity index (χ4n) is 2.88. The minimum atomic E-state index is -3.60. The van der Waals surface area contributed by atoms with Crippen molar-refractivity contribution in [1.82, 2.24) is 4.31 Å². The number of sulfonamides is 1. The lowest BCUT2D eigenvalue weighted by Crippen LogP contribution is -2.65. The van der Waals surface area contributed by atoms with Gasteiger partial charge in [-0.2, -0.15) is 4.31 Å². The number of hydrogen-bond acceptors (Lipinski definition) is 3. The maximum atomic E-state index is 12.4. The second kappa shape index (κ2) is 6.22. The molecule has 0 aliphatic carbocycles. The van der Waals surface area contributed by atoms with E-state index in [9.17, 15) is 18.3 Å². The Morgan fingerprint density at radius 1 is 1.11 bits per heavy atom. The third kappa shape index (κ3) is 3.11. The monoisotopic (exact) mass is 293 g/mol. The highest BCUT2D eigenvalue weighted by atomic mass is 32.2. The molecule has 0 atom stereocenters. The molecule has 19 heavy (non-hydrogen) atoms. The van der Waals surface area contributed by atoms with Gasteiger partial charge in [0.1, 0.15) is 5.54 Å². The maximum Gasteiger partial charge on any atom is 0.325 e. The van der Waals surface area contributed by atoms with Gasteiger partial charge in [-0.1, -0.05) is 27.7 Å². The minimum Gasteiger partial charge on any atom is -0.480 e. The first-order valence-corrected chi connectivity index (χ1v) is 8.32. The van der Waals surface area contributed by atoms with E-state index in [-0.39, 0.29) is 17.6 Å². The molecule has 0 heterocycles. The van der Waals surface area contributed by atoms with Crippen LogP contribution in [-0.4, -0.2) is 41.1 Å². The molecule has 0 unspecified atom stereocenters. The van der Waals surface area contributed by atoms with Gasteiger partial charge < -0.3 is 5.11 Å². The Morgan fingerprint density at radius 3 is 1.63 bits per heavy atom. The Morgan fingerprint density at radius 2 is 1.47 bits per heavy atom. The Balaban J connectivity index is 6.30. The molecule has 0 spiro atoms. The second-order valence-corrected chi connectivity index (χ2v) is 7.86. The highest BCUT2D eigenvalue weighted by molar-refractivity contribution is 7.89. The molecule has 1 N–H and O–H groups in total. The normalized spacial score (nSPS) is 13.8. The van der Waals surface area contributed by atoms with Crippen molar-refractivity contribution in [2.45, 2.75) is 60.0 Å². The van der Waals surface area contributed by atoms with Crippen molar-refractivity contribution < 1.29 is 18.3 Å². The van der Waals surface area contributed by atoms with Crippen LogP contribution in [0.2, 0.25) is 0 Å². The summed E-state index contributed by atoms with van der Waals surface area (Å²) in [6.45, 7) is 12.0. The molecule has 6 heteroatoms. The third-order valence-electron chi connectivity index (χ3n) is 3.60. The van der Waals surface area contributed by atoms with Gasteiger partial charge >= 0.3 is 5.97 Å². The molecule has 5 nitrogen and oxygen atoms in total. The molecule has 0 rings (SSSR count). The van der Waals surface area contributed by atoms with E-state index in [1.807, 2.05) is 0 Å². The quantitative estimate of drug-likeness (QED) is 0.780. The van der Waals surface area contributed by atoms with Crippen LogP contribution in [-0.2, 0) is 14.8 Å². The zero-order chi connectivity index (χ0) is 15.6. The van der Waals surface area contributed by atoms with Crippen LogP contribution in [0.25, 0.3) is 0 Å². The summed E-state index contributed by atoms with van der Waals surface area (Å²) in [5.41, 5.74) is -1.41. The number of rotatable bonds is 7. The summed E-state index contributed by atoms with van der Waals surface area (Å²) >= 11 is 0. The number of nitrogens with zero attached hydrogens (tertiary/aromatic N) is 1. The standard InChI is InChI=1S/C13H27NO4S/c1-8-19(17,18)14(11(6)7)13(9(2)3,10(4)5)12(15)16/h9-11H,8H2,1-7H3,(H,15,16). The summed E-state index contributed by atoms with van der Waals surface area (Å²) in [5.74, 6) is -1.83. The Hall–Kier alpha value is -0.620. The van der Waals surface area contributed by atoms with Gasteiger partial charge in [0.05, 0.1) is 5.75 Å². The Bertz CT molecular complexity index is 404. The molecule has 0 bridgehead atoms. The molecule has 0 saturated carbocycles. The summed E-state index contributed by atoms with van der Waals surface area (Å²) in [6.07, 6.45) is 0. The maximum absolute atomic E-state index is 12.4. The van der Waals surface area contributed by atoms with Gasteiger partial charge in [-0.25, -0.2) is 8.42 Å². The summed E-state index contributed by atoms with van der Waals surface area (Å²) in [5, 5.41) is 9.74. The van der Waals surface area contributed by atoms with Crippen LogP contribution in [0.5, 0.6) is 0 Å². The molecule has 0 aromatic heterocycles. The number of aliphatic carboxylic acids is 1. The summed E-state index contributed by atoms with van der Waals surface area (Å²) in [6, 6.07) is -0.397. The van der Waals surface area contributed by atoms with Crippen molar-refractivity contribution in [2.75, 3.05) is 5.75 Å². The van der Waals surface area contributed by atoms with E-state index in [1.54, 1.807) is 41.5 Å². The second-order valence-electron chi connectivity index (χ2n) is 5.73. The van der Waals surface area contributed by atoms with Crippen molar-refractivity contribution >= 4 is 16.0 Å². The van der Waals surface area contributed by atoms with Crippen molar-refractivity contribution in [3.8, 4) is 0 Å². The topological polar surface area (TPSA) is 74.7 Å². The smallest absolute Gasteiger partial charge is 0.325 e. The first kappa shape index (κ1) is 18.4. The van der Waals surface area contributed by atoms with E-state index in [2.05, 4.69) is 0 Å². The van der Waals surface area contributed by atoms with Crippen LogP contribution in [0.3, 0.4) is 0 Å². The SMILES string of the molecule is CCS(=O)(=O)N(C(C)C)C(C(=O)O)(C(C)C)C(C)C.